The highest BCUT2D eigenvalue weighted by Crippen LogP contribution is 2.30. The van der Waals surface area contributed by atoms with E-state index in [0.29, 0.717) is 28.6 Å². The van der Waals surface area contributed by atoms with Gasteiger partial charge in [0.05, 0.1) is 11.7 Å². The molecule has 2 aromatic carbocycles. The summed E-state index contributed by atoms with van der Waals surface area (Å²) in [7, 11) is 0. The van der Waals surface area contributed by atoms with E-state index in [1.807, 2.05) is 24.3 Å². The lowest BCUT2D eigenvalue weighted by molar-refractivity contribution is -0.138. The number of benzene rings is 2. The fourth-order valence-electron chi connectivity index (χ4n) is 5.11. The molecule has 2 fully saturated rings. The zero-order valence-electron chi connectivity index (χ0n) is 20.2. The monoisotopic (exact) mass is 486 g/mol. The number of hydrogen-bond donors (Lipinski definition) is 1. The van der Waals surface area contributed by atoms with Crippen LogP contribution in [0.3, 0.4) is 0 Å². The summed E-state index contributed by atoms with van der Waals surface area (Å²) in [5.74, 6) is 1.05. The summed E-state index contributed by atoms with van der Waals surface area (Å²) in [6.45, 7) is 2.68. The predicted octanol–water partition coefficient (Wildman–Crippen LogP) is 5.28. The van der Waals surface area contributed by atoms with Crippen LogP contribution < -0.4 is 4.74 Å². The zero-order valence-corrected chi connectivity index (χ0v) is 20.2. The molecule has 0 spiro atoms. The third-order valence-corrected chi connectivity index (χ3v) is 7.16. The number of hydrogen-bond acceptors (Lipinski definition) is 7. The fourth-order valence-corrected chi connectivity index (χ4v) is 5.11. The van der Waals surface area contributed by atoms with E-state index in [-0.39, 0.29) is 18.4 Å². The largest absolute Gasteiger partial charge is 0.489 e. The topological polar surface area (TPSA) is 112 Å². The minimum atomic E-state index is -0.704. The molecular weight excluding hydrogens is 456 g/mol. The number of nitriles is 1. The van der Waals surface area contributed by atoms with Crippen LogP contribution in [-0.4, -0.2) is 45.3 Å². The predicted molar refractivity (Wildman–Crippen MR) is 133 cm³/mol. The van der Waals surface area contributed by atoms with Crippen LogP contribution in [0.2, 0.25) is 0 Å². The molecule has 5 rings (SSSR count). The Kier molecular flexibility index (Phi) is 7.28. The van der Waals surface area contributed by atoms with Gasteiger partial charge in [0.1, 0.15) is 11.8 Å². The van der Waals surface area contributed by atoms with Crippen LogP contribution in [0.5, 0.6) is 5.75 Å². The van der Waals surface area contributed by atoms with Gasteiger partial charge in [-0.2, -0.15) is 10.2 Å². The van der Waals surface area contributed by atoms with Gasteiger partial charge in [0.2, 0.25) is 5.82 Å². The molecular formula is C28H30N4O4. The molecule has 1 aromatic heterocycles. The number of likely N-dealkylation sites (tertiary alicyclic amines) is 1. The van der Waals surface area contributed by atoms with Crippen molar-refractivity contribution in [1.82, 2.24) is 15.0 Å². The van der Waals surface area contributed by atoms with Crippen LogP contribution in [0.15, 0.2) is 47.0 Å². The van der Waals surface area contributed by atoms with E-state index in [1.165, 1.54) is 18.4 Å². The molecule has 1 N–H and O–H groups in total. The molecule has 1 aliphatic heterocycles. The van der Waals surface area contributed by atoms with Gasteiger partial charge in [0.25, 0.3) is 5.89 Å². The summed E-state index contributed by atoms with van der Waals surface area (Å²) < 4.78 is 11.5. The number of carboxylic acid groups (broad SMARTS) is 1. The lowest BCUT2D eigenvalue weighted by Crippen LogP contribution is -2.33. The van der Waals surface area contributed by atoms with Crippen molar-refractivity contribution in [2.45, 2.75) is 57.6 Å². The second-order valence-electron chi connectivity index (χ2n) is 9.78. The van der Waals surface area contributed by atoms with Crippen LogP contribution in [0.4, 0.5) is 0 Å². The second-order valence-corrected chi connectivity index (χ2v) is 9.78. The quantitative estimate of drug-likeness (QED) is 0.457. The molecule has 8 heteroatoms. The van der Waals surface area contributed by atoms with Crippen molar-refractivity contribution < 1.29 is 19.2 Å². The Labute approximate surface area is 210 Å². The molecule has 36 heavy (non-hydrogen) atoms. The first-order valence-corrected chi connectivity index (χ1v) is 12.7. The molecule has 3 aromatic rings. The van der Waals surface area contributed by atoms with Gasteiger partial charge in [0.15, 0.2) is 0 Å². The summed E-state index contributed by atoms with van der Waals surface area (Å²) in [5.41, 5.74) is 3.20. The minimum absolute atomic E-state index is 0.185. The molecule has 0 radical (unpaired) electrons. The Morgan fingerprint density at radius 2 is 1.81 bits per heavy atom. The van der Waals surface area contributed by atoms with E-state index < -0.39 is 5.97 Å². The van der Waals surface area contributed by atoms with Gasteiger partial charge in [-0.05, 0) is 81.3 Å². The van der Waals surface area contributed by atoms with Crippen molar-refractivity contribution in [3.8, 4) is 34.7 Å². The van der Waals surface area contributed by atoms with Gasteiger partial charge in [-0.25, -0.2) is 0 Å². The van der Waals surface area contributed by atoms with Gasteiger partial charge in [-0.15, -0.1) is 0 Å². The highest BCUT2D eigenvalue weighted by atomic mass is 16.5. The van der Waals surface area contributed by atoms with Crippen molar-refractivity contribution in [3.05, 3.63) is 53.6 Å². The smallest absolute Gasteiger partial charge is 0.303 e. The van der Waals surface area contributed by atoms with Crippen molar-refractivity contribution in [1.29, 1.82) is 5.26 Å². The maximum absolute atomic E-state index is 10.9. The molecule has 0 amide bonds. The van der Waals surface area contributed by atoms with Gasteiger partial charge < -0.3 is 14.4 Å². The number of aliphatic carboxylic acids is 1. The van der Waals surface area contributed by atoms with Crippen molar-refractivity contribution in [2.24, 2.45) is 5.92 Å². The van der Waals surface area contributed by atoms with Crippen LogP contribution in [0.1, 0.15) is 56.1 Å². The molecule has 0 unspecified atom stereocenters. The van der Waals surface area contributed by atoms with Crippen LogP contribution >= 0.6 is 0 Å². The van der Waals surface area contributed by atoms with Gasteiger partial charge in [0, 0.05) is 24.1 Å². The highest BCUT2D eigenvalue weighted by Gasteiger charge is 2.22. The lowest BCUT2D eigenvalue weighted by Gasteiger charge is -2.31. The summed E-state index contributed by atoms with van der Waals surface area (Å²) in [6.07, 6.45) is 6.71. The van der Waals surface area contributed by atoms with Crippen LogP contribution in [0, 0.1) is 17.2 Å². The summed E-state index contributed by atoms with van der Waals surface area (Å²) >= 11 is 0. The number of piperidine rings is 1. The normalized spacial score (nSPS) is 17.2. The average molecular weight is 487 g/mol. The van der Waals surface area contributed by atoms with Crippen molar-refractivity contribution in [2.75, 3.05) is 13.1 Å². The number of nitrogens with zero attached hydrogens (tertiary/aromatic N) is 4. The Balaban J connectivity index is 1.21. The van der Waals surface area contributed by atoms with Gasteiger partial charge >= 0.3 is 5.97 Å². The Bertz CT molecular complexity index is 1230. The lowest BCUT2D eigenvalue weighted by atomic mass is 9.93. The first-order chi connectivity index (χ1) is 17.6. The van der Waals surface area contributed by atoms with E-state index in [4.69, 9.17) is 14.4 Å². The zero-order chi connectivity index (χ0) is 24.9. The molecule has 0 atom stereocenters. The molecule has 0 bridgehead atoms. The van der Waals surface area contributed by atoms with Gasteiger partial charge in [-0.3, -0.25) is 9.69 Å². The van der Waals surface area contributed by atoms with E-state index in [2.05, 4.69) is 33.2 Å². The van der Waals surface area contributed by atoms with E-state index in [1.54, 1.807) is 6.07 Å². The number of aromatic nitrogens is 2. The maximum Gasteiger partial charge on any atom is 0.303 e. The number of carboxylic acids is 1. The molecule has 2 heterocycles. The minimum Gasteiger partial charge on any atom is -0.489 e. The fraction of sp³-hybridized carbons (Fsp3) is 0.429. The SMILES string of the molecule is N#Cc1cc(-c2nc(-c3ccc(CN4CCC(CC(=O)O)CC4)cc3)no2)ccc1OC1CCCC1. The van der Waals surface area contributed by atoms with Crippen molar-refractivity contribution >= 4 is 5.97 Å². The standard InChI is InChI=1S/C28H30N4O4/c29-17-23-16-22(9-10-25(23)35-24-3-1-2-4-24)28-30-27(31-36-28)21-7-5-20(6-8-21)18-32-13-11-19(12-14-32)15-26(33)34/h5-10,16,19,24H,1-4,11-15,18H2,(H,33,34). The van der Waals surface area contributed by atoms with E-state index in [9.17, 15) is 10.1 Å². The van der Waals surface area contributed by atoms with Gasteiger partial charge in [-0.1, -0.05) is 29.4 Å². The molecule has 1 aliphatic carbocycles. The number of ether oxygens (including phenoxy) is 1. The van der Waals surface area contributed by atoms with E-state index >= 15 is 0 Å². The highest BCUT2D eigenvalue weighted by molar-refractivity contribution is 5.67. The average Bonchev–Trinajstić information content (AvgIpc) is 3.58. The summed E-state index contributed by atoms with van der Waals surface area (Å²) in [4.78, 5) is 17.8. The Morgan fingerprint density at radius 1 is 1.08 bits per heavy atom. The molecule has 1 saturated carbocycles. The number of rotatable bonds is 8. The first kappa shape index (κ1) is 24.0. The van der Waals surface area contributed by atoms with E-state index in [0.717, 1.165) is 50.9 Å². The summed E-state index contributed by atoms with van der Waals surface area (Å²) in [6, 6.07) is 15.7. The Hall–Kier alpha value is -3.70. The molecule has 8 nitrogen and oxygen atoms in total. The Morgan fingerprint density at radius 3 is 2.50 bits per heavy atom. The first-order valence-electron chi connectivity index (χ1n) is 12.7. The second kappa shape index (κ2) is 10.9. The maximum atomic E-state index is 10.9. The molecule has 2 aliphatic rings. The molecule has 186 valence electrons. The van der Waals surface area contributed by atoms with Crippen molar-refractivity contribution in [3.63, 3.8) is 0 Å². The van der Waals surface area contributed by atoms with Crippen LogP contribution in [0.25, 0.3) is 22.8 Å². The van der Waals surface area contributed by atoms with Crippen LogP contribution in [-0.2, 0) is 11.3 Å². The third kappa shape index (κ3) is 5.74. The molecule has 1 saturated heterocycles. The number of carbonyl (C=O) groups is 1. The summed E-state index contributed by atoms with van der Waals surface area (Å²) in [5, 5.41) is 22.7. The third-order valence-electron chi connectivity index (χ3n) is 7.16.